The van der Waals surface area contributed by atoms with Gasteiger partial charge < -0.3 is 15.3 Å². The number of halogens is 5. The summed E-state index contributed by atoms with van der Waals surface area (Å²) < 4.78 is 62.1. The Bertz CT molecular complexity index is 492. The summed E-state index contributed by atoms with van der Waals surface area (Å²) in [5, 5.41) is 10.8. The average Bonchev–Trinajstić information content (AvgIpc) is 2.31. The molecule has 20 heavy (non-hydrogen) atoms. The molecule has 4 nitrogen and oxygen atoms in total. The first-order valence-corrected chi connectivity index (χ1v) is 5.33. The van der Waals surface area contributed by atoms with Gasteiger partial charge in [-0.2, -0.15) is 13.2 Å². The number of aliphatic hydroxyl groups excluding tert-OH is 1. The highest BCUT2D eigenvalue weighted by molar-refractivity contribution is 5.89. The quantitative estimate of drug-likeness (QED) is 0.842. The number of alkyl halides is 3. The smallest absolute Gasteiger partial charge is 0.382 e. The van der Waals surface area contributed by atoms with Crippen LogP contribution >= 0.6 is 0 Å². The van der Waals surface area contributed by atoms with E-state index in [0.29, 0.717) is 11.0 Å². The third-order valence-electron chi connectivity index (χ3n) is 2.34. The molecule has 2 amide bonds. The van der Waals surface area contributed by atoms with Crippen molar-refractivity contribution in [3.8, 4) is 0 Å². The lowest BCUT2D eigenvalue weighted by molar-refractivity contribution is -0.205. The predicted octanol–water partition coefficient (Wildman–Crippen LogP) is 2.35. The molecule has 0 radical (unpaired) electrons. The molecule has 0 heterocycles. The summed E-state index contributed by atoms with van der Waals surface area (Å²) in [4.78, 5) is 12.0. The standard InChI is InChI=1S/C11H11F5N2O2/c1-18(5-9(19)11(14,15)16)10(20)17-8-3-2-6(12)4-7(8)13/h2-4,9,19H,5H2,1H3,(H,17,20). The van der Waals surface area contributed by atoms with Crippen molar-refractivity contribution < 1.29 is 31.9 Å². The van der Waals surface area contributed by atoms with Crippen LogP contribution in [0.4, 0.5) is 32.4 Å². The Morgan fingerprint density at radius 3 is 2.50 bits per heavy atom. The molecule has 0 spiro atoms. The molecule has 0 saturated carbocycles. The van der Waals surface area contributed by atoms with Crippen molar-refractivity contribution in [1.82, 2.24) is 4.90 Å². The second-order valence-electron chi connectivity index (χ2n) is 3.99. The summed E-state index contributed by atoms with van der Waals surface area (Å²) in [6, 6.07) is 1.25. The molecule has 0 aliphatic carbocycles. The number of aliphatic hydroxyl groups is 1. The lowest BCUT2D eigenvalue weighted by atomic mass is 10.3. The number of nitrogens with one attached hydrogen (secondary N) is 1. The number of carbonyl (C=O) groups excluding carboxylic acids is 1. The van der Waals surface area contributed by atoms with E-state index in [1.54, 1.807) is 0 Å². The van der Waals surface area contributed by atoms with Crippen molar-refractivity contribution in [1.29, 1.82) is 0 Å². The van der Waals surface area contributed by atoms with Crippen LogP contribution in [0.25, 0.3) is 0 Å². The fourth-order valence-electron chi connectivity index (χ4n) is 1.25. The lowest BCUT2D eigenvalue weighted by Gasteiger charge is -2.22. The highest BCUT2D eigenvalue weighted by Crippen LogP contribution is 2.21. The summed E-state index contributed by atoms with van der Waals surface area (Å²) in [5.74, 6) is -1.93. The second-order valence-corrected chi connectivity index (χ2v) is 3.99. The summed E-state index contributed by atoms with van der Waals surface area (Å²) >= 11 is 0. The number of hydrogen-bond donors (Lipinski definition) is 2. The van der Waals surface area contributed by atoms with Gasteiger partial charge in [0.15, 0.2) is 6.10 Å². The van der Waals surface area contributed by atoms with Gasteiger partial charge in [-0.1, -0.05) is 0 Å². The van der Waals surface area contributed by atoms with E-state index in [4.69, 9.17) is 5.11 Å². The minimum atomic E-state index is -4.87. The minimum Gasteiger partial charge on any atom is -0.382 e. The van der Waals surface area contributed by atoms with E-state index in [0.717, 1.165) is 19.2 Å². The molecule has 1 rings (SSSR count). The third-order valence-corrected chi connectivity index (χ3v) is 2.34. The van der Waals surface area contributed by atoms with E-state index >= 15 is 0 Å². The highest BCUT2D eigenvalue weighted by atomic mass is 19.4. The predicted molar refractivity (Wildman–Crippen MR) is 60.1 cm³/mol. The van der Waals surface area contributed by atoms with Gasteiger partial charge in [0.1, 0.15) is 11.6 Å². The number of amides is 2. The van der Waals surface area contributed by atoms with E-state index in [9.17, 15) is 26.7 Å². The van der Waals surface area contributed by atoms with Crippen LogP contribution in [0.2, 0.25) is 0 Å². The van der Waals surface area contributed by atoms with Gasteiger partial charge in [-0.05, 0) is 12.1 Å². The Balaban J connectivity index is 2.66. The number of anilines is 1. The molecule has 0 bridgehead atoms. The Hall–Kier alpha value is -1.90. The van der Waals surface area contributed by atoms with Crippen molar-refractivity contribution in [2.75, 3.05) is 18.9 Å². The molecule has 1 unspecified atom stereocenters. The van der Waals surface area contributed by atoms with Crippen LogP contribution in [0.15, 0.2) is 18.2 Å². The Kier molecular flexibility index (Phi) is 4.88. The van der Waals surface area contributed by atoms with Gasteiger partial charge in [0.05, 0.1) is 12.2 Å². The monoisotopic (exact) mass is 298 g/mol. The zero-order valence-corrected chi connectivity index (χ0v) is 10.2. The van der Waals surface area contributed by atoms with Gasteiger partial charge in [-0.25, -0.2) is 13.6 Å². The van der Waals surface area contributed by atoms with Crippen LogP contribution in [0.1, 0.15) is 0 Å². The number of rotatable bonds is 3. The average molecular weight is 298 g/mol. The minimum absolute atomic E-state index is 0.384. The number of nitrogens with zero attached hydrogens (tertiary/aromatic N) is 1. The first kappa shape index (κ1) is 16.2. The number of likely N-dealkylation sites (N-methyl/N-ethyl adjacent to an activating group) is 1. The SMILES string of the molecule is CN(CC(O)C(F)(F)F)C(=O)Nc1ccc(F)cc1F. The first-order chi connectivity index (χ1) is 9.11. The second kappa shape index (κ2) is 6.04. The molecule has 0 fully saturated rings. The fraction of sp³-hybridized carbons (Fsp3) is 0.364. The van der Waals surface area contributed by atoms with Crippen molar-refractivity contribution >= 4 is 11.7 Å². The van der Waals surface area contributed by atoms with Crippen LogP contribution in [0, 0.1) is 11.6 Å². The zero-order valence-electron chi connectivity index (χ0n) is 10.2. The van der Waals surface area contributed by atoms with Crippen LogP contribution in [-0.2, 0) is 0 Å². The van der Waals surface area contributed by atoms with Gasteiger partial charge in [-0.3, -0.25) is 0 Å². The van der Waals surface area contributed by atoms with Crippen LogP contribution in [-0.4, -0.2) is 41.9 Å². The summed E-state index contributed by atoms with van der Waals surface area (Å²) in [6.45, 7) is -1.02. The summed E-state index contributed by atoms with van der Waals surface area (Å²) in [7, 11) is 0.992. The molecule has 1 aromatic carbocycles. The molecular formula is C11H11F5N2O2. The van der Waals surface area contributed by atoms with Crippen LogP contribution in [0.5, 0.6) is 0 Å². The number of hydrogen-bond acceptors (Lipinski definition) is 2. The van der Waals surface area contributed by atoms with Gasteiger partial charge >= 0.3 is 12.2 Å². The molecule has 0 aliphatic rings. The normalized spacial score (nSPS) is 12.9. The molecule has 0 aromatic heterocycles. The summed E-state index contributed by atoms with van der Waals surface area (Å²) in [5.41, 5.74) is -0.384. The van der Waals surface area contributed by atoms with Crippen LogP contribution < -0.4 is 5.32 Å². The number of carbonyl (C=O) groups is 1. The lowest BCUT2D eigenvalue weighted by Crippen LogP contribution is -2.43. The highest BCUT2D eigenvalue weighted by Gasteiger charge is 2.39. The van der Waals surface area contributed by atoms with Crippen molar-refractivity contribution in [3.63, 3.8) is 0 Å². The van der Waals surface area contributed by atoms with E-state index in [-0.39, 0.29) is 5.69 Å². The molecule has 1 aromatic rings. The molecule has 2 N–H and O–H groups in total. The Labute approximate surface area is 110 Å². The fourth-order valence-corrected chi connectivity index (χ4v) is 1.25. The topological polar surface area (TPSA) is 52.6 Å². The van der Waals surface area contributed by atoms with Crippen molar-refractivity contribution in [2.24, 2.45) is 0 Å². The summed E-state index contributed by atoms with van der Waals surface area (Å²) in [6.07, 6.45) is -7.58. The maximum absolute atomic E-state index is 13.2. The van der Waals surface area contributed by atoms with Gasteiger partial charge in [0.2, 0.25) is 0 Å². The number of benzene rings is 1. The molecule has 0 saturated heterocycles. The Morgan fingerprint density at radius 2 is 2.00 bits per heavy atom. The maximum Gasteiger partial charge on any atom is 0.416 e. The van der Waals surface area contributed by atoms with Gasteiger partial charge in [-0.15, -0.1) is 0 Å². The molecule has 0 aliphatic heterocycles. The molecular weight excluding hydrogens is 287 g/mol. The Morgan fingerprint density at radius 1 is 1.40 bits per heavy atom. The molecule has 9 heteroatoms. The van der Waals surface area contributed by atoms with Gasteiger partial charge in [0.25, 0.3) is 0 Å². The van der Waals surface area contributed by atoms with Crippen molar-refractivity contribution in [2.45, 2.75) is 12.3 Å². The molecule has 112 valence electrons. The largest absolute Gasteiger partial charge is 0.416 e. The number of urea groups is 1. The van der Waals surface area contributed by atoms with E-state index < -0.39 is 36.5 Å². The van der Waals surface area contributed by atoms with E-state index in [1.807, 2.05) is 5.32 Å². The van der Waals surface area contributed by atoms with E-state index in [1.165, 1.54) is 0 Å². The first-order valence-electron chi connectivity index (χ1n) is 5.33. The van der Waals surface area contributed by atoms with Crippen molar-refractivity contribution in [3.05, 3.63) is 29.8 Å². The van der Waals surface area contributed by atoms with E-state index in [2.05, 4.69) is 0 Å². The van der Waals surface area contributed by atoms with Crippen LogP contribution in [0.3, 0.4) is 0 Å². The maximum atomic E-state index is 13.2. The zero-order chi connectivity index (χ0) is 15.5. The van der Waals surface area contributed by atoms with Gasteiger partial charge in [0, 0.05) is 13.1 Å². The third kappa shape index (κ3) is 4.34. The molecule has 1 atom stereocenters.